The number of carbonyl (C=O) groups is 2. The highest BCUT2D eigenvalue weighted by atomic mass is 16.2. The van der Waals surface area contributed by atoms with Crippen molar-refractivity contribution in [3.05, 3.63) is 24.8 Å². The van der Waals surface area contributed by atoms with E-state index in [9.17, 15) is 9.59 Å². The zero-order chi connectivity index (χ0) is 18.7. The molecule has 2 amide bonds. The highest BCUT2D eigenvalue weighted by Crippen LogP contribution is 2.34. The van der Waals surface area contributed by atoms with E-state index in [1.165, 1.54) is 6.08 Å². The number of piperidine rings is 1. The van der Waals surface area contributed by atoms with E-state index < -0.39 is 0 Å². The maximum absolute atomic E-state index is 12.4. The van der Waals surface area contributed by atoms with Crippen molar-refractivity contribution in [1.82, 2.24) is 20.0 Å². The monoisotopic (exact) mass is 360 g/mol. The molecule has 0 aromatic rings. The number of nitrogens with one attached hydrogen (secondary N) is 1. The molecule has 0 spiro atoms. The molecule has 0 radical (unpaired) electrons. The quantitative estimate of drug-likeness (QED) is 0.718. The van der Waals surface area contributed by atoms with Gasteiger partial charge in [-0.1, -0.05) is 12.7 Å². The van der Waals surface area contributed by atoms with Crippen LogP contribution in [-0.4, -0.2) is 83.9 Å². The Bertz CT molecular complexity index is 576. The number of likely N-dealkylation sites (N-methyl/N-ethyl adjacent to an activating group) is 1. The Kier molecular flexibility index (Phi) is 6.14. The molecule has 0 aliphatic carbocycles. The van der Waals surface area contributed by atoms with Crippen LogP contribution in [0.5, 0.6) is 0 Å². The fraction of sp³-hybridized carbons (Fsp3) is 0.700. The topological polar surface area (TPSA) is 55.9 Å². The highest BCUT2D eigenvalue weighted by Gasteiger charge is 2.49. The Balaban J connectivity index is 1.44. The van der Waals surface area contributed by atoms with Gasteiger partial charge in [0.25, 0.3) is 0 Å². The SMILES string of the molecule is C=CC(=O)N1CCC2C1CN2C(C)C/C=C/C(=O)N1CCCC(NC)C1. The van der Waals surface area contributed by atoms with E-state index in [-0.39, 0.29) is 11.8 Å². The molecule has 3 aliphatic rings. The number of likely N-dealkylation sites (tertiary alicyclic amines) is 3. The molecule has 6 nitrogen and oxygen atoms in total. The molecule has 1 N–H and O–H groups in total. The lowest BCUT2D eigenvalue weighted by Crippen LogP contribution is -2.64. The van der Waals surface area contributed by atoms with Crippen LogP contribution in [0.25, 0.3) is 0 Å². The van der Waals surface area contributed by atoms with E-state index in [1.54, 1.807) is 6.08 Å². The van der Waals surface area contributed by atoms with Gasteiger partial charge in [0.2, 0.25) is 11.8 Å². The van der Waals surface area contributed by atoms with Crippen LogP contribution in [0.1, 0.15) is 32.6 Å². The van der Waals surface area contributed by atoms with Gasteiger partial charge >= 0.3 is 0 Å². The number of carbonyl (C=O) groups excluding carboxylic acids is 2. The predicted octanol–water partition coefficient (Wildman–Crippen LogP) is 1.00. The number of hydrogen-bond donors (Lipinski definition) is 1. The second-order valence-electron chi connectivity index (χ2n) is 7.76. The first kappa shape index (κ1) is 19.1. The summed E-state index contributed by atoms with van der Waals surface area (Å²) in [5.74, 6) is 0.180. The summed E-state index contributed by atoms with van der Waals surface area (Å²) in [6, 6.07) is 1.63. The van der Waals surface area contributed by atoms with Crippen LogP contribution in [0, 0.1) is 0 Å². The average molecular weight is 361 g/mol. The smallest absolute Gasteiger partial charge is 0.246 e. The van der Waals surface area contributed by atoms with E-state index in [4.69, 9.17) is 0 Å². The van der Waals surface area contributed by atoms with Crippen LogP contribution in [-0.2, 0) is 9.59 Å². The summed E-state index contributed by atoms with van der Waals surface area (Å²) in [6.07, 6.45) is 9.30. The van der Waals surface area contributed by atoms with Gasteiger partial charge in [0.15, 0.2) is 0 Å². The summed E-state index contributed by atoms with van der Waals surface area (Å²) in [7, 11) is 1.96. The molecule has 0 saturated carbocycles. The summed E-state index contributed by atoms with van der Waals surface area (Å²) >= 11 is 0. The number of rotatable bonds is 6. The first-order valence-electron chi connectivity index (χ1n) is 9.86. The van der Waals surface area contributed by atoms with Gasteiger partial charge in [0.05, 0.1) is 6.04 Å². The minimum atomic E-state index is 0.0525. The normalized spacial score (nSPS) is 30.2. The molecule has 144 valence electrons. The maximum Gasteiger partial charge on any atom is 0.246 e. The first-order valence-corrected chi connectivity index (χ1v) is 9.86. The van der Waals surface area contributed by atoms with E-state index in [0.717, 1.165) is 51.9 Å². The lowest BCUT2D eigenvalue weighted by atomic mass is 9.93. The second kappa shape index (κ2) is 8.35. The van der Waals surface area contributed by atoms with Gasteiger partial charge in [-0.2, -0.15) is 0 Å². The molecular weight excluding hydrogens is 328 g/mol. The third kappa shape index (κ3) is 3.86. The summed E-state index contributed by atoms with van der Waals surface area (Å²) in [6.45, 7) is 9.24. The number of hydrogen-bond acceptors (Lipinski definition) is 4. The first-order chi connectivity index (χ1) is 12.5. The Morgan fingerprint density at radius 2 is 2.00 bits per heavy atom. The van der Waals surface area contributed by atoms with Gasteiger partial charge < -0.3 is 15.1 Å². The van der Waals surface area contributed by atoms with Crippen molar-refractivity contribution in [3.8, 4) is 0 Å². The lowest BCUT2D eigenvalue weighted by molar-refractivity contribution is -0.131. The van der Waals surface area contributed by atoms with Crippen LogP contribution in [0.3, 0.4) is 0 Å². The summed E-state index contributed by atoms with van der Waals surface area (Å²) in [5, 5.41) is 3.27. The summed E-state index contributed by atoms with van der Waals surface area (Å²) in [5.41, 5.74) is 0. The van der Waals surface area contributed by atoms with Crippen molar-refractivity contribution < 1.29 is 9.59 Å². The van der Waals surface area contributed by atoms with Crippen LogP contribution < -0.4 is 5.32 Å². The molecule has 3 rings (SSSR count). The zero-order valence-electron chi connectivity index (χ0n) is 16.1. The Morgan fingerprint density at radius 1 is 1.19 bits per heavy atom. The zero-order valence-corrected chi connectivity index (χ0v) is 16.1. The molecule has 26 heavy (non-hydrogen) atoms. The van der Waals surface area contributed by atoms with Gasteiger partial charge in [-0.25, -0.2) is 0 Å². The van der Waals surface area contributed by atoms with Crippen molar-refractivity contribution in [2.75, 3.05) is 33.2 Å². The number of fused-ring (bicyclic) bond motifs is 1. The third-order valence-electron chi connectivity index (χ3n) is 6.24. The molecule has 6 heteroatoms. The van der Waals surface area contributed by atoms with Gasteiger partial charge in [0, 0.05) is 44.3 Å². The molecule has 3 aliphatic heterocycles. The van der Waals surface area contributed by atoms with Crippen LogP contribution >= 0.6 is 0 Å². The van der Waals surface area contributed by atoms with Gasteiger partial charge in [0.1, 0.15) is 0 Å². The van der Waals surface area contributed by atoms with Gasteiger partial charge in [-0.05, 0) is 51.8 Å². The van der Waals surface area contributed by atoms with Crippen molar-refractivity contribution >= 4 is 11.8 Å². The summed E-state index contributed by atoms with van der Waals surface area (Å²) < 4.78 is 0. The molecule has 3 heterocycles. The van der Waals surface area contributed by atoms with E-state index >= 15 is 0 Å². The van der Waals surface area contributed by atoms with Crippen LogP contribution in [0.2, 0.25) is 0 Å². The minimum absolute atomic E-state index is 0.0525. The van der Waals surface area contributed by atoms with E-state index in [2.05, 4.69) is 23.7 Å². The van der Waals surface area contributed by atoms with Crippen molar-refractivity contribution in [1.29, 1.82) is 0 Å². The van der Waals surface area contributed by atoms with E-state index in [1.807, 2.05) is 22.9 Å². The Hall–Kier alpha value is -1.66. The molecule has 0 bridgehead atoms. The fourth-order valence-corrected chi connectivity index (χ4v) is 4.58. The van der Waals surface area contributed by atoms with Crippen LogP contribution in [0.4, 0.5) is 0 Å². The Morgan fingerprint density at radius 3 is 2.73 bits per heavy atom. The molecule has 3 fully saturated rings. The molecule has 4 atom stereocenters. The van der Waals surface area contributed by atoms with Crippen molar-refractivity contribution in [3.63, 3.8) is 0 Å². The number of nitrogens with zero attached hydrogens (tertiary/aromatic N) is 3. The van der Waals surface area contributed by atoms with Crippen molar-refractivity contribution in [2.45, 2.75) is 56.8 Å². The van der Waals surface area contributed by atoms with Crippen LogP contribution in [0.15, 0.2) is 24.8 Å². The Labute approximate surface area is 156 Å². The molecular formula is C20H32N4O2. The summed E-state index contributed by atoms with van der Waals surface area (Å²) in [4.78, 5) is 30.6. The largest absolute Gasteiger partial charge is 0.338 e. The van der Waals surface area contributed by atoms with Gasteiger partial charge in [-0.15, -0.1) is 0 Å². The lowest BCUT2D eigenvalue weighted by Gasteiger charge is -2.49. The third-order valence-corrected chi connectivity index (χ3v) is 6.24. The molecule has 0 aromatic carbocycles. The second-order valence-corrected chi connectivity index (χ2v) is 7.76. The van der Waals surface area contributed by atoms with Gasteiger partial charge in [-0.3, -0.25) is 14.5 Å². The standard InChI is InChI=1S/C20H32N4O2/c1-4-19(25)23-12-10-17-18(23)14-24(17)15(2)7-5-9-20(26)22-11-6-8-16(13-22)21-3/h4-5,9,15-18,21H,1,6-8,10-14H2,2-3H3/b9-5+. The average Bonchev–Trinajstić information content (AvgIpc) is 2.97. The fourth-order valence-electron chi connectivity index (χ4n) is 4.58. The molecule has 0 aromatic heterocycles. The minimum Gasteiger partial charge on any atom is -0.338 e. The number of amides is 2. The maximum atomic E-state index is 12.4. The predicted molar refractivity (Wildman–Crippen MR) is 103 cm³/mol. The van der Waals surface area contributed by atoms with Crippen molar-refractivity contribution in [2.24, 2.45) is 0 Å². The highest BCUT2D eigenvalue weighted by molar-refractivity contribution is 5.88. The van der Waals surface area contributed by atoms with E-state index in [0.29, 0.717) is 24.2 Å². The molecule has 4 unspecified atom stereocenters. The molecule has 3 saturated heterocycles.